The molecule has 108 valence electrons. The molecule has 2 aliphatic rings. The summed E-state index contributed by atoms with van der Waals surface area (Å²) in [6.07, 6.45) is 8.37. The molecule has 0 spiro atoms. The van der Waals surface area contributed by atoms with Crippen molar-refractivity contribution in [2.45, 2.75) is 79.6 Å². The first-order valence-corrected chi connectivity index (χ1v) is 7.96. The Morgan fingerprint density at radius 3 is 2.58 bits per heavy atom. The molecular weight excluding hydrogens is 232 g/mol. The van der Waals surface area contributed by atoms with Crippen molar-refractivity contribution in [2.75, 3.05) is 0 Å². The van der Waals surface area contributed by atoms with Crippen molar-refractivity contribution < 1.29 is 4.79 Å². The van der Waals surface area contributed by atoms with Crippen LogP contribution in [0.5, 0.6) is 0 Å². The third-order valence-electron chi connectivity index (χ3n) is 5.97. The summed E-state index contributed by atoms with van der Waals surface area (Å²) in [6.45, 7) is 11.4. The summed E-state index contributed by atoms with van der Waals surface area (Å²) in [4.78, 5) is 11.4. The quantitative estimate of drug-likeness (QED) is 0.631. The predicted octanol–water partition coefficient (Wildman–Crippen LogP) is 5.30. The Labute approximate surface area is 118 Å². The summed E-state index contributed by atoms with van der Waals surface area (Å²) >= 11 is 0. The number of hydrogen-bond acceptors (Lipinski definition) is 1. The van der Waals surface area contributed by atoms with Gasteiger partial charge in [0.05, 0.1) is 0 Å². The fourth-order valence-corrected chi connectivity index (χ4v) is 4.99. The van der Waals surface area contributed by atoms with E-state index >= 15 is 0 Å². The highest BCUT2D eigenvalue weighted by Gasteiger charge is 2.49. The molecule has 0 radical (unpaired) electrons. The maximum atomic E-state index is 11.4. The molecule has 1 heteroatoms. The van der Waals surface area contributed by atoms with E-state index in [0.29, 0.717) is 16.6 Å². The van der Waals surface area contributed by atoms with Crippen molar-refractivity contribution in [2.24, 2.45) is 16.7 Å². The summed E-state index contributed by atoms with van der Waals surface area (Å²) in [5, 5.41) is 0. The first kappa shape index (κ1) is 14.8. The van der Waals surface area contributed by atoms with E-state index in [0.717, 1.165) is 18.8 Å². The van der Waals surface area contributed by atoms with Crippen LogP contribution in [-0.2, 0) is 4.79 Å². The minimum absolute atomic E-state index is 0.334. The summed E-state index contributed by atoms with van der Waals surface area (Å²) in [6, 6.07) is 0. The first-order chi connectivity index (χ1) is 8.77. The van der Waals surface area contributed by atoms with Gasteiger partial charge in [0.1, 0.15) is 5.78 Å². The van der Waals surface area contributed by atoms with Crippen molar-refractivity contribution in [3.05, 3.63) is 11.1 Å². The van der Waals surface area contributed by atoms with Crippen LogP contribution in [0.2, 0.25) is 0 Å². The molecule has 2 rings (SSSR count). The molecule has 2 unspecified atom stereocenters. The molecule has 19 heavy (non-hydrogen) atoms. The van der Waals surface area contributed by atoms with Gasteiger partial charge in [-0.2, -0.15) is 0 Å². The van der Waals surface area contributed by atoms with Crippen LogP contribution >= 0.6 is 0 Å². The van der Waals surface area contributed by atoms with Crippen molar-refractivity contribution >= 4 is 5.78 Å². The Kier molecular flexibility index (Phi) is 3.95. The average molecular weight is 262 g/mol. The van der Waals surface area contributed by atoms with Gasteiger partial charge < -0.3 is 4.79 Å². The van der Waals surface area contributed by atoms with Gasteiger partial charge in [-0.25, -0.2) is 0 Å². The molecule has 1 fully saturated rings. The maximum absolute atomic E-state index is 11.4. The Bertz CT molecular complexity index is 402. The molecule has 0 heterocycles. The van der Waals surface area contributed by atoms with Crippen molar-refractivity contribution in [3.8, 4) is 0 Å². The second kappa shape index (κ2) is 5.07. The number of fused-ring (bicyclic) bond motifs is 1. The van der Waals surface area contributed by atoms with Crippen LogP contribution in [0.4, 0.5) is 0 Å². The fraction of sp³-hybridized carbons (Fsp3) is 0.833. The van der Waals surface area contributed by atoms with Gasteiger partial charge in [0.15, 0.2) is 0 Å². The second-order valence-corrected chi connectivity index (χ2v) is 7.81. The lowest BCUT2D eigenvalue weighted by molar-refractivity contribution is -0.117. The highest BCUT2D eigenvalue weighted by Crippen LogP contribution is 2.60. The fourth-order valence-electron chi connectivity index (χ4n) is 4.99. The Morgan fingerprint density at radius 2 is 1.95 bits per heavy atom. The highest BCUT2D eigenvalue weighted by atomic mass is 16.1. The van der Waals surface area contributed by atoms with Gasteiger partial charge in [-0.3, -0.25) is 0 Å². The van der Waals surface area contributed by atoms with Crippen LogP contribution in [0.25, 0.3) is 0 Å². The van der Waals surface area contributed by atoms with Gasteiger partial charge in [0.2, 0.25) is 0 Å². The SMILES string of the molecule is CC(=O)CCC1=C(C)CCC2C(C)(C)CCCC12C. The van der Waals surface area contributed by atoms with Crippen LogP contribution in [0, 0.1) is 16.7 Å². The van der Waals surface area contributed by atoms with Gasteiger partial charge in [-0.15, -0.1) is 0 Å². The molecule has 0 bridgehead atoms. The van der Waals surface area contributed by atoms with Crippen LogP contribution in [0.1, 0.15) is 79.6 Å². The number of carbonyl (C=O) groups is 1. The summed E-state index contributed by atoms with van der Waals surface area (Å²) < 4.78 is 0. The molecule has 1 nitrogen and oxygen atoms in total. The monoisotopic (exact) mass is 262 g/mol. The lowest BCUT2D eigenvalue weighted by Gasteiger charge is -2.55. The van der Waals surface area contributed by atoms with Crippen molar-refractivity contribution in [1.82, 2.24) is 0 Å². The smallest absolute Gasteiger partial charge is 0.130 e. The molecule has 0 aromatic rings. The van der Waals surface area contributed by atoms with Gasteiger partial charge in [-0.1, -0.05) is 38.3 Å². The molecule has 0 amide bonds. The van der Waals surface area contributed by atoms with E-state index < -0.39 is 0 Å². The van der Waals surface area contributed by atoms with Crippen molar-refractivity contribution in [3.63, 3.8) is 0 Å². The molecule has 0 aliphatic heterocycles. The number of ketones is 1. The zero-order valence-corrected chi connectivity index (χ0v) is 13.4. The molecule has 0 aromatic heterocycles. The van der Waals surface area contributed by atoms with E-state index in [-0.39, 0.29) is 0 Å². The average Bonchev–Trinajstić information content (AvgIpc) is 2.26. The summed E-state index contributed by atoms with van der Waals surface area (Å²) in [5.41, 5.74) is 4.04. The lowest BCUT2D eigenvalue weighted by atomic mass is 9.50. The van der Waals surface area contributed by atoms with Gasteiger partial charge in [-0.05, 0) is 62.7 Å². The molecule has 2 aliphatic carbocycles. The maximum Gasteiger partial charge on any atom is 0.130 e. The Morgan fingerprint density at radius 1 is 1.26 bits per heavy atom. The number of rotatable bonds is 3. The minimum Gasteiger partial charge on any atom is -0.300 e. The third kappa shape index (κ3) is 2.66. The molecule has 0 N–H and O–H groups in total. The summed E-state index contributed by atoms with van der Waals surface area (Å²) in [5.74, 6) is 1.14. The van der Waals surface area contributed by atoms with E-state index in [9.17, 15) is 4.79 Å². The number of carbonyl (C=O) groups excluding carboxylic acids is 1. The minimum atomic E-state index is 0.334. The van der Waals surface area contributed by atoms with Crippen LogP contribution < -0.4 is 0 Å². The third-order valence-corrected chi connectivity index (χ3v) is 5.97. The van der Waals surface area contributed by atoms with E-state index in [1.165, 1.54) is 32.1 Å². The normalized spacial score (nSPS) is 34.1. The van der Waals surface area contributed by atoms with Gasteiger partial charge in [0.25, 0.3) is 0 Å². The Balaban J connectivity index is 2.31. The zero-order chi connectivity index (χ0) is 14.3. The van der Waals surface area contributed by atoms with Crippen LogP contribution in [0.15, 0.2) is 11.1 Å². The van der Waals surface area contributed by atoms with Crippen LogP contribution in [-0.4, -0.2) is 5.78 Å². The van der Waals surface area contributed by atoms with Gasteiger partial charge >= 0.3 is 0 Å². The largest absolute Gasteiger partial charge is 0.300 e. The van der Waals surface area contributed by atoms with E-state index in [1.54, 1.807) is 18.1 Å². The molecule has 0 aromatic carbocycles. The topological polar surface area (TPSA) is 17.1 Å². The van der Waals surface area contributed by atoms with E-state index in [4.69, 9.17) is 0 Å². The molecule has 2 atom stereocenters. The number of Topliss-reactive ketones (excluding diaryl/α,β-unsaturated/α-hetero) is 1. The predicted molar refractivity (Wildman–Crippen MR) is 81.1 cm³/mol. The second-order valence-electron chi connectivity index (χ2n) is 7.81. The van der Waals surface area contributed by atoms with Crippen LogP contribution in [0.3, 0.4) is 0 Å². The molecule has 0 saturated heterocycles. The standard InChI is InChI=1S/C18H30O/c1-13-7-10-16-17(3,4)11-6-12-18(16,5)15(13)9-8-14(2)19/h16H,6-12H2,1-5H3. The van der Waals surface area contributed by atoms with Gasteiger partial charge in [0, 0.05) is 6.42 Å². The Hall–Kier alpha value is -0.590. The van der Waals surface area contributed by atoms with Crippen molar-refractivity contribution in [1.29, 1.82) is 0 Å². The lowest BCUT2D eigenvalue weighted by Crippen LogP contribution is -2.45. The molecule has 1 saturated carbocycles. The molecular formula is C18H30O. The first-order valence-electron chi connectivity index (χ1n) is 7.96. The number of hydrogen-bond donors (Lipinski definition) is 0. The van der Waals surface area contributed by atoms with E-state index in [2.05, 4.69) is 27.7 Å². The zero-order valence-electron chi connectivity index (χ0n) is 13.4. The number of allylic oxidation sites excluding steroid dienone is 2. The highest BCUT2D eigenvalue weighted by molar-refractivity contribution is 5.75. The summed E-state index contributed by atoms with van der Waals surface area (Å²) in [7, 11) is 0. The van der Waals surface area contributed by atoms with E-state index in [1.807, 2.05) is 0 Å².